The van der Waals surface area contributed by atoms with Crippen LogP contribution in [0.4, 0.5) is 0 Å². The molecular formula is C15H24ClN3O. The highest BCUT2D eigenvalue weighted by atomic mass is 35.5. The number of aliphatic imine (C=N–C) groups is 1. The third-order valence-corrected chi connectivity index (χ3v) is 3.30. The Hall–Kier alpha value is -1.42. The van der Waals surface area contributed by atoms with Crippen LogP contribution in [0.25, 0.3) is 0 Å². The molecular weight excluding hydrogens is 274 g/mol. The first kappa shape index (κ1) is 16.6. The number of nitrogens with zero attached hydrogens (tertiary/aromatic N) is 2. The van der Waals surface area contributed by atoms with Crippen molar-refractivity contribution in [3.8, 4) is 5.75 Å². The Kier molecular flexibility index (Phi) is 7.23. The van der Waals surface area contributed by atoms with Gasteiger partial charge in [0.15, 0.2) is 5.96 Å². The standard InChI is InChI=1S/C15H24ClN3O/c1-4-19(5-2)15(17)18-10-9-12-11-13(16)7-8-14(12)20-6-3/h7-8,11H,4-6,9-10H2,1-3H3,(H2,17,18). The molecule has 0 atom stereocenters. The van der Waals surface area contributed by atoms with Gasteiger partial charge >= 0.3 is 0 Å². The van der Waals surface area contributed by atoms with Gasteiger partial charge in [-0.25, -0.2) is 0 Å². The zero-order valence-electron chi connectivity index (χ0n) is 12.5. The lowest BCUT2D eigenvalue weighted by Gasteiger charge is -2.19. The summed E-state index contributed by atoms with van der Waals surface area (Å²) in [5.74, 6) is 1.46. The van der Waals surface area contributed by atoms with Crippen molar-refractivity contribution >= 4 is 17.6 Å². The van der Waals surface area contributed by atoms with Crippen LogP contribution in [0, 0.1) is 0 Å². The van der Waals surface area contributed by atoms with Gasteiger partial charge in [0.05, 0.1) is 6.61 Å². The molecule has 0 aromatic heterocycles. The van der Waals surface area contributed by atoms with E-state index in [4.69, 9.17) is 22.1 Å². The average Bonchev–Trinajstić information content (AvgIpc) is 2.43. The lowest BCUT2D eigenvalue weighted by molar-refractivity contribution is 0.336. The van der Waals surface area contributed by atoms with E-state index in [1.54, 1.807) is 0 Å². The van der Waals surface area contributed by atoms with E-state index in [-0.39, 0.29) is 0 Å². The molecule has 4 nitrogen and oxygen atoms in total. The van der Waals surface area contributed by atoms with Crippen LogP contribution in [0.5, 0.6) is 5.75 Å². The van der Waals surface area contributed by atoms with Crippen molar-refractivity contribution in [3.63, 3.8) is 0 Å². The fraction of sp³-hybridized carbons (Fsp3) is 0.533. The monoisotopic (exact) mass is 297 g/mol. The minimum atomic E-state index is 0.593. The van der Waals surface area contributed by atoms with Crippen LogP contribution in [0.2, 0.25) is 5.02 Å². The topological polar surface area (TPSA) is 50.9 Å². The molecule has 20 heavy (non-hydrogen) atoms. The Morgan fingerprint density at radius 3 is 2.60 bits per heavy atom. The molecule has 0 radical (unpaired) electrons. The second kappa shape index (κ2) is 8.69. The van der Waals surface area contributed by atoms with Gasteiger partial charge < -0.3 is 15.4 Å². The summed E-state index contributed by atoms with van der Waals surface area (Å²) in [4.78, 5) is 6.44. The highest BCUT2D eigenvalue weighted by molar-refractivity contribution is 6.30. The van der Waals surface area contributed by atoms with Gasteiger partial charge in [0.1, 0.15) is 5.75 Å². The molecule has 0 saturated carbocycles. The number of ether oxygens (including phenoxy) is 1. The van der Waals surface area contributed by atoms with Crippen LogP contribution in [-0.4, -0.2) is 37.1 Å². The normalized spacial score (nSPS) is 11.5. The zero-order valence-corrected chi connectivity index (χ0v) is 13.3. The highest BCUT2D eigenvalue weighted by Crippen LogP contribution is 2.23. The van der Waals surface area contributed by atoms with Gasteiger partial charge in [-0.1, -0.05) is 11.6 Å². The van der Waals surface area contributed by atoms with Crippen molar-refractivity contribution in [1.29, 1.82) is 0 Å². The minimum Gasteiger partial charge on any atom is -0.494 e. The molecule has 0 fully saturated rings. The number of halogens is 1. The Morgan fingerprint density at radius 2 is 2.00 bits per heavy atom. The molecule has 0 saturated heterocycles. The fourth-order valence-corrected chi connectivity index (χ4v) is 2.17. The summed E-state index contributed by atoms with van der Waals surface area (Å²) in [5.41, 5.74) is 7.01. The van der Waals surface area contributed by atoms with E-state index in [1.807, 2.05) is 30.0 Å². The van der Waals surface area contributed by atoms with E-state index >= 15 is 0 Å². The van der Waals surface area contributed by atoms with Crippen molar-refractivity contribution < 1.29 is 4.74 Å². The number of hydrogen-bond donors (Lipinski definition) is 1. The molecule has 0 aliphatic carbocycles. The summed E-state index contributed by atoms with van der Waals surface area (Å²) < 4.78 is 5.59. The van der Waals surface area contributed by atoms with Crippen molar-refractivity contribution in [2.75, 3.05) is 26.2 Å². The van der Waals surface area contributed by atoms with Gasteiger partial charge in [0.2, 0.25) is 0 Å². The minimum absolute atomic E-state index is 0.593. The third kappa shape index (κ3) is 4.93. The number of rotatable bonds is 7. The van der Waals surface area contributed by atoms with E-state index in [1.165, 1.54) is 0 Å². The van der Waals surface area contributed by atoms with Crippen LogP contribution in [-0.2, 0) is 6.42 Å². The Bertz CT molecular complexity index is 445. The van der Waals surface area contributed by atoms with Gasteiger partial charge in [-0.2, -0.15) is 0 Å². The summed E-state index contributed by atoms with van der Waals surface area (Å²) in [5, 5.41) is 0.712. The maximum absolute atomic E-state index is 6.03. The first-order valence-corrected chi connectivity index (χ1v) is 7.46. The molecule has 5 heteroatoms. The predicted octanol–water partition coefficient (Wildman–Crippen LogP) is 2.94. The van der Waals surface area contributed by atoms with Crippen LogP contribution in [0.3, 0.4) is 0 Å². The quantitative estimate of drug-likeness (QED) is 0.622. The van der Waals surface area contributed by atoms with Crippen molar-refractivity contribution in [1.82, 2.24) is 4.90 Å². The summed E-state index contributed by atoms with van der Waals surface area (Å²) >= 11 is 6.03. The van der Waals surface area contributed by atoms with Gasteiger partial charge in [-0.3, -0.25) is 4.99 Å². The lowest BCUT2D eigenvalue weighted by atomic mass is 10.1. The largest absolute Gasteiger partial charge is 0.494 e. The molecule has 0 bridgehead atoms. The maximum atomic E-state index is 6.03. The van der Waals surface area contributed by atoms with E-state index in [0.29, 0.717) is 24.1 Å². The number of benzene rings is 1. The summed E-state index contributed by atoms with van der Waals surface area (Å²) in [6, 6.07) is 5.66. The maximum Gasteiger partial charge on any atom is 0.191 e. The van der Waals surface area contributed by atoms with Crippen LogP contribution >= 0.6 is 11.6 Å². The van der Waals surface area contributed by atoms with Gasteiger partial charge in [0, 0.05) is 24.7 Å². The van der Waals surface area contributed by atoms with Gasteiger partial charge in [-0.15, -0.1) is 0 Å². The van der Waals surface area contributed by atoms with E-state index in [0.717, 1.165) is 30.8 Å². The van der Waals surface area contributed by atoms with Crippen molar-refractivity contribution in [2.45, 2.75) is 27.2 Å². The van der Waals surface area contributed by atoms with Crippen molar-refractivity contribution in [3.05, 3.63) is 28.8 Å². The van der Waals surface area contributed by atoms with E-state index < -0.39 is 0 Å². The smallest absolute Gasteiger partial charge is 0.191 e. The molecule has 0 amide bonds. The Morgan fingerprint density at radius 1 is 1.30 bits per heavy atom. The Labute approximate surface area is 126 Å². The zero-order chi connectivity index (χ0) is 15.0. The molecule has 112 valence electrons. The number of guanidine groups is 1. The summed E-state index contributed by atoms with van der Waals surface area (Å²) in [6.45, 7) is 9.10. The molecule has 1 aromatic carbocycles. The molecule has 0 aliphatic rings. The first-order chi connectivity index (χ1) is 9.62. The number of hydrogen-bond acceptors (Lipinski definition) is 2. The third-order valence-electron chi connectivity index (χ3n) is 3.06. The summed E-state index contributed by atoms with van der Waals surface area (Å²) in [7, 11) is 0. The van der Waals surface area contributed by atoms with E-state index in [9.17, 15) is 0 Å². The highest BCUT2D eigenvalue weighted by Gasteiger charge is 2.05. The lowest BCUT2D eigenvalue weighted by Crippen LogP contribution is -2.37. The number of nitrogens with two attached hydrogens (primary N) is 1. The van der Waals surface area contributed by atoms with E-state index in [2.05, 4.69) is 18.8 Å². The second-order valence-electron chi connectivity index (χ2n) is 4.35. The molecule has 0 unspecified atom stereocenters. The van der Waals surface area contributed by atoms with Gasteiger partial charge in [0.25, 0.3) is 0 Å². The molecule has 1 aromatic rings. The average molecular weight is 298 g/mol. The second-order valence-corrected chi connectivity index (χ2v) is 4.78. The molecule has 1 rings (SSSR count). The first-order valence-electron chi connectivity index (χ1n) is 7.08. The SMILES string of the molecule is CCOc1ccc(Cl)cc1CCN=C(N)N(CC)CC. The molecule has 2 N–H and O–H groups in total. The summed E-state index contributed by atoms with van der Waals surface area (Å²) in [6.07, 6.45) is 0.762. The molecule has 0 aliphatic heterocycles. The predicted molar refractivity (Wildman–Crippen MR) is 85.7 cm³/mol. The Balaban J connectivity index is 2.69. The van der Waals surface area contributed by atoms with Crippen molar-refractivity contribution in [2.24, 2.45) is 10.7 Å². The fourth-order valence-electron chi connectivity index (χ4n) is 1.98. The molecule has 0 heterocycles. The van der Waals surface area contributed by atoms with Gasteiger partial charge in [-0.05, 0) is 51.0 Å². The van der Waals surface area contributed by atoms with Crippen LogP contribution < -0.4 is 10.5 Å². The van der Waals surface area contributed by atoms with Crippen LogP contribution in [0.15, 0.2) is 23.2 Å². The molecule has 0 spiro atoms. The van der Waals surface area contributed by atoms with Crippen LogP contribution in [0.1, 0.15) is 26.3 Å².